The van der Waals surface area contributed by atoms with E-state index in [1.807, 2.05) is 0 Å². The standard InChI is InChI=1S/C8H10N2O3/c9-6-4-2-1-3-5(8(12)13)10(4)7(6)11/h3-4,6H,1-2,9H2,(H,12,13). The quantitative estimate of drug-likeness (QED) is 0.524. The van der Waals surface area contributed by atoms with E-state index in [2.05, 4.69) is 0 Å². The minimum atomic E-state index is -1.05. The van der Waals surface area contributed by atoms with Gasteiger partial charge in [-0.25, -0.2) is 4.79 Å². The van der Waals surface area contributed by atoms with Crippen LogP contribution in [0.1, 0.15) is 12.8 Å². The molecule has 1 saturated heterocycles. The van der Waals surface area contributed by atoms with Gasteiger partial charge in [0.15, 0.2) is 0 Å². The predicted molar refractivity (Wildman–Crippen MR) is 43.6 cm³/mol. The van der Waals surface area contributed by atoms with Gasteiger partial charge in [-0.15, -0.1) is 0 Å². The number of rotatable bonds is 1. The number of nitrogens with zero attached hydrogens (tertiary/aromatic N) is 1. The second kappa shape index (κ2) is 2.56. The molecule has 2 aliphatic rings. The third kappa shape index (κ3) is 0.968. The Morgan fingerprint density at radius 1 is 1.69 bits per heavy atom. The topological polar surface area (TPSA) is 83.6 Å². The van der Waals surface area contributed by atoms with Crippen LogP contribution in [0.15, 0.2) is 11.8 Å². The highest BCUT2D eigenvalue weighted by molar-refractivity contribution is 5.99. The average Bonchev–Trinajstić information content (AvgIpc) is 2.15. The molecule has 5 nitrogen and oxygen atoms in total. The molecule has 2 heterocycles. The van der Waals surface area contributed by atoms with Crippen LogP contribution in [-0.2, 0) is 9.59 Å². The van der Waals surface area contributed by atoms with Crippen molar-refractivity contribution in [3.63, 3.8) is 0 Å². The van der Waals surface area contributed by atoms with Crippen molar-refractivity contribution >= 4 is 11.9 Å². The number of carbonyl (C=O) groups excluding carboxylic acids is 1. The molecule has 0 aliphatic carbocycles. The molecule has 0 saturated carbocycles. The maximum absolute atomic E-state index is 11.2. The van der Waals surface area contributed by atoms with E-state index in [1.165, 1.54) is 4.90 Å². The van der Waals surface area contributed by atoms with Gasteiger partial charge in [-0.1, -0.05) is 6.08 Å². The number of aliphatic carboxylic acids is 1. The SMILES string of the molecule is NC1C(=O)N2C(C(=O)O)=CCCC12. The van der Waals surface area contributed by atoms with Crippen molar-refractivity contribution in [3.05, 3.63) is 11.8 Å². The van der Waals surface area contributed by atoms with Crippen LogP contribution in [0.2, 0.25) is 0 Å². The largest absolute Gasteiger partial charge is 0.477 e. The lowest BCUT2D eigenvalue weighted by atomic mass is 9.87. The number of nitrogens with two attached hydrogens (primary N) is 1. The molecule has 1 fully saturated rings. The fourth-order valence-electron chi connectivity index (χ4n) is 1.85. The lowest BCUT2D eigenvalue weighted by molar-refractivity contribution is -0.152. The maximum Gasteiger partial charge on any atom is 0.352 e. The Labute approximate surface area is 74.8 Å². The number of hydrogen-bond acceptors (Lipinski definition) is 3. The van der Waals surface area contributed by atoms with E-state index >= 15 is 0 Å². The van der Waals surface area contributed by atoms with Gasteiger partial charge in [0.2, 0.25) is 5.91 Å². The molecule has 3 N–H and O–H groups in total. The van der Waals surface area contributed by atoms with Gasteiger partial charge in [-0.3, -0.25) is 9.69 Å². The lowest BCUT2D eigenvalue weighted by Gasteiger charge is -2.47. The maximum atomic E-state index is 11.2. The van der Waals surface area contributed by atoms with E-state index in [0.29, 0.717) is 6.42 Å². The number of β-lactam (4-membered cyclic amide) rings is 1. The Morgan fingerprint density at radius 3 is 3.00 bits per heavy atom. The zero-order valence-electron chi connectivity index (χ0n) is 6.93. The zero-order chi connectivity index (χ0) is 9.59. The highest BCUT2D eigenvalue weighted by Crippen LogP contribution is 2.31. The number of carbonyl (C=O) groups is 2. The van der Waals surface area contributed by atoms with Gasteiger partial charge in [-0.05, 0) is 12.8 Å². The van der Waals surface area contributed by atoms with Crippen molar-refractivity contribution < 1.29 is 14.7 Å². The van der Waals surface area contributed by atoms with E-state index in [1.54, 1.807) is 6.08 Å². The van der Waals surface area contributed by atoms with Crippen LogP contribution in [0.25, 0.3) is 0 Å². The van der Waals surface area contributed by atoms with Crippen LogP contribution in [0.4, 0.5) is 0 Å². The minimum absolute atomic E-state index is 0.0861. The van der Waals surface area contributed by atoms with Crippen molar-refractivity contribution in [1.29, 1.82) is 0 Å². The monoisotopic (exact) mass is 182 g/mol. The first kappa shape index (κ1) is 8.25. The molecule has 5 heteroatoms. The summed E-state index contributed by atoms with van der Waals surface area (Å²) in [5.41, 5.74) is 5.61. The minimum Gasteiger partial charge on any atom is -0.477 e. The summed E-state index contributed by atoms with van der Waals surface area (Å²) in [6.45, 7) is 0. The van der Waals surface area contributed by atoms with E-state index in [4.69, 9.17) is 10.8 Å². The molecular weight excluding hydrogens is 172 g/mol. The van der Waals surface area contributed by atoms with Crippen molar-refractivity contribution in [1.82, 2.24) is 4.90 Å². The van der Waals surface area contributed by atoms with Gasteiger partial charge in [0.1, 0.15) is 11.7 Å². The highest BCUT2D eigenvalue weighted by atomic mass is 16.4. The molecule has 1 amide bonds. The zero-order valence-corrected chi connectivity index (χ0v) is 6.93. The number of allylic oxidation sites excluding steroid dienone is 1. The molecule has 0 spiro atoms. The summed E-state index contributed by atoms with van der Waals surface area (Å²) in [4.78, 5) is 23.2. The third-order valence-electron chi connectivity index (χ3n) is 2.55. The summed E-state index contributed by atoms with van der Waals surface area (Å²) in [7, 11) is 0. The van der Waals surface area contributed by atoms with E-state index in [9.17, 15) is 9.59 Å². The van der Waals surface area contributed by atoms with Crippen molar-refractivity contribution in [2.45, 2.75) is 24.9 Å². The van der Waals surface area contributed by atoms with E-state index < -0.39 is 12.0 Å². The molecule has 70 valence electrons. The molecule has 0 aromatic rings. The van der Waals surface area contributed by atoms with Crippen molar-refractivity contribution in [2.24, 2.45) is 5.73 Å². The molecular formula is C8H10N2O3. The molecule has 2 rings (SSSR count). The van der Waals surface area contributed by atoms with Gasteiger partial charge >= 0.3 is 5.97 Å². The van der Waals surface area contributed by atoms with E-state index in [0.717, 1.165) is 6.42 Å². The average molecular weight is 182 g/mol. The molecule has 0 aromatic heterocycles. The fourth-order valence-corrected chi connectivity index (χ4v) is 1.85. The molecule has 0 radical (unpaired) electrons. The first-order valence-electron chi connectivity index (χ1n) is 4.15. The molecule has 2 atom stereocenters. The number of fused-ring (bicyclic) bond motifs is 1. The smallest absolute Gasteiger partial charge is 0.352 e. The molecule has 0 bridgehead atoms. The van der Waals surface area contributed by atoms with Crippen LogP contribution < -0.4 is 5.73 Å². The number of carboxylic acid groups (broad SMARTS) is 1. The Bertz CT molecular complexity index is 311. The van der Waals surface area contributed by atoms with Crippen LogP contribution in [0, 0.1) is 0 Å². The van der Waals surface area contributed by atoms with Gasteiger partial charge in [0.25, 0.3) is 0 Å². The molecule has 13 heavy (non-hydrogen) atoms. The Hall–Kier alpha value is -1.36. The Kier molecular flexibility index (Phi) is 1.63. The Morgan fingerprint density at radius 2 is 2.38 bits per heavy atom. The van der Waals surface area contributed by atoms with E-state index in [-0.39, 0.29) is 17.6 Å². The second-order valence-electron chi connectivity index (χ2n) is 3.27. The summed E-state index contributed by atoms with van der Waals surface area (Å²) in [5.74, 6) is -1.33. The van der Waals surface area contributed by atoms with Gasteiger partial charge in [0, 0.05) is 0 Å². The molecule has 2 aliphatic heterocycles. The summed E-state index contributed by atoms with van der Waals surface area (Å²) in [5, 5.41) is 8.76. The van der Waals surface area contributed by atoms with Gasteiger partial charge in [-0.2, -0.15) is 0 Å². The summed E-state index contributed by atoms with van der Waals surface area (Å²) in [6, 6.07) is -0.591. The highest BCUT2D eigenvalue weighted by Gasteiger charge is 2.49. The Balaban J connectivity index is 2.27. The van der Waals surface area contributed by atoms with Crippen LogP contribution in [-0.4, -0.2) is 34.0 Å². The van der Waals surface area contributed by atoms with Gasteiger partial charge < -0.3 is 10.8 Å². The van der Waals surface area contributed by atoms with Crippen molar-refractivity contribution in [3.8, 4) is 0 Å². The second-order valence-corrected chi connectivity index (χ2v) is 3.27. The number of hydrogen-bond donors (Lipinski definition) is 2. The summed E-state index contributed by atoms with van der Waals surface area (Å²) in [6.07, 6.45) is 3.02. The lowest BCUT2D eigenvalue weighted by Crippen LogP contribution is -2.69. The number of amides is 1. The third-order valence-corrected chi connectivity index (χ3v) is 2.55. The fraction of sp³-hybridized carbons (Fsp3) is 0.500. The molecule has 2 unspecified atom stereocenters. The summed E-state index contributed by atoms with van der Waals surface area (Å²) >= 11 is 0. The number of carboxylic acids is 1. The predicted octanol–water partition coefficient (Wildman–Crippen LogP) is -0.713. The van der Waals surface area contributed by atoms with Gasteiger partial charge in [0.05, 0.1) is 6.04 Å². The van der Waals surface area contributed by atoms with Crippen LogP contribution >= 0.6 is 0 Å². The van der Waals surface area contributed by atoms with Crippen molar-refractivity contribution in [2.75, 3.05) is 0 Å². The van der Waals surface area contributed by atoms with Crippen LogP contribution in [0.3, 0.4) is 0 Å². The van der Waals surface area contributed by atoms with Crippen LogP contribution in [0.5, 0.6) is 0 Å². The first-order valence-corrected chi connectivity index (χ1v) is 4.15. The normalized spacial score (nSPS) is 31.9. The first-order chi connectivity index (χ1) is 6.13. The summed E-state index contributed by atoms with van der Waals surface area (Å²) < 4.78 is 0. The molecule has 0 aromatic carbocycles.